The quantitative estimate of drug-likeness (QED) is 0.923. The molecule has 2 heterocycles. The zero-order chi connectivity index (χ0) is 13.9. The van der Waals surface area contributed by atoms with E-state index >= 15 is 0 Å². The van der Waals surface area contributed by atoms with Gasteiger partial charge in [-0.25, -0.2) is 4.98 Å². The fourth-order valence-electron chi connectivity index (χ4n) is 3.05. The number of hydrogen-bond acceptors (Lipinski definition) is 5. The molecule has 1 aromatic rings. The molecule has 1 N–H and O–H groups in total. The molecule has 5 heteroatoms. The number of piperazine rings is 1. The molecule has 4 nitrogen and oxygen atoms in total. The Hall–Kier alpha value is -0.650. The van der Waals surface area contributed by atoms with Gasteiger partial charge < -0.3 is 15.1 Å². The summed E-state index contributed by atoms with van der Waals surface area (Å²) in [6, 6.07) is 0.553. The van der Waals surface area contributed by atoms with Gasteiger partial charge in [0.1, 0.15) is 0 Å². The standard InChI is InChI=1S/C15H26N4S/c1-3-7-16-12-5-4-6-13-14(12)20-15(17-13)19-10-8-18(2)9-11-19/h12,16H,3-11H2,1-2H3. The highest BCUT2D eigenvalue weighted by Crippen LogP contribution is 2.37. The summed E-state index contributed by atoms with van der Waals surface area (Å²) in [6.07, 6.45) is 4.93. The van der Waals surface area contributed by atoms with Crippen LogP contribution in [0, 0.1) is 0 Å². The van der Waals surface area contributed by atoms with Crippen molar-refractivity contribution in [1.82, 2.24) is 15.2 Å². The van der Waals surface area contributed by atoms with Gasteiger partial charge in [0, 0.05) is 37.1 Å². The van der Waals surface area contributed by atoms with E-state index in [1.807, 2.05) is 11.3 Å². The molecule has 3 rings (SSSR count). The van der Waals surface area contributed by atoms with Crippen molar-refractivity contribution in [3.05, 3.63) is 10.6 Å². The first-order valence-corrected chi connectivity index (χ1v) is 8.76. The Morgan fingerprint density at radius 1 is 1.30 bits per heavy atom. The van der Waals surface area contributed by atoms with E-state index in [0.717, 1.165) is 32.7 Å². The molecule has 20 heavy (non-hydrogen) atoms. The summed E-state index contributed by atoms with van der Waals surface area (Å²) in [5.41, 5.74) is 1.36. The van der Waals surface area contributed by atoms with E-state index in [9.17, 15) is 0 Å². The second-order valence-corrected chi connectivity index (χ2v) is 7.01. The lowest BCUT2D eigenvalue weighted by Gasteiger charge is -2.32. The summed E-state index contributed by atoms with van der Waals surface area (Å²) in [4.78, 5) is 11.3. The van der Waals surface area contributed by atoms with Crippen molar-refractivity contribution in [3.63, 3.8) is 0 Å². The van der Waals surface area contributed by atoms with Gasteiger partial charge in [-0.15, -0.1) is 0 Å². The Kier molecular flexibility index (Phi) is 4.58. The molecule has 1 aromatic heterocycles. The summed E-state index contributed by atoms with van der Waals surface area (Å²) in [7, 11) is 2.20. The van der Waals surface area contributed by atoms with E-state index in [1.165, 1.54) is 41.4 Å². The average molecular weight is 294 g/mol. The molecule has 2 aliphatic rings. The molecule has 1 unspecified atom stereocenters. The molecule has 0 radical (unpaired) electrons. The molecule has 1 fully saturated rings. The Morgan fingerprint density at radius 3 is 2.85 bits per heavy atom. The van der Waals surface area contributed by atoms with Crippen molar-refractivity contribution >= 4 is 16.5 Å². The highest BCUT2D eigenvalue weighted by atomic mass is 32.1. The molecule has 1 atom stereocenters. The number of anilines is 1. The minimum atomic E-state index is 0.553. The second kappa shape index (κ2) is 6.41. The lowest BCUT2D eigenvalue weighted by Crippen LogP contribution is -2.44. The number of nitrogens with one attached hydrogen (secondary N) is 1. The van der Waals surface area contributed by atoms with Crippen LogP contribution in [0.25, 0.3) is 0 Å². The Morgan fingerprint density at radius 2 is 2.10 bits per heavy atom. The molecule has 0 spiro atoms. The van der Waals surface area contributed by atoms with Crippen LogP contribution in [0.15, 0.2) is 0 Å². The molecule has 1 saturated heterocycles. The maximum absolute atomic E-state index is 4.94. The molecule has 1 aliphatic carbocycles. The molecule has 0 aromatic carbocycles. The summed E-state index contributed by atoms with van der Waals surface area (Å²) < 4.78 is 0. The Labute approximate surface area is 126 Å². The molecule has 112 valence electrons. The summed E-state index contributed by atoms with van der Waals surface area (Å²) in [5, 5.41) is 4.95. The van der Waals surface area contributed by atoms with Gasteiger partial charge in [-0.05, 0) is 39.3 Å². The van der Waals surface area contributed by atoms with Crippen molar-refractivity contribution in [1.29, 1.82) is 0 Å². The third-order valence-electron chi connectivity index (χ3n) is 4.35. The van der Waals surface area contributed by atoms with Crippen molar-refractivity contribution in [2.75, 3.05) is 44.7 Å². The van der Waals surface area contributed by atoms with Crippen molar-refractivity contribution in [3.8, 4) is 0 Å². The lowest BCUT2D eigenvalue weighted by molar-refractivity contribution is 0.312. The first kappa shape index (κ1) is 14.3. The van der Waals surface area contributed by atoms with Gasteiger partial charge in [-0.2, -0.15) is 0 Å². The fraction of sp³-hybridized carbons (Fsp3) is 0.800. The molecular formula is C15H26N4S. The number of thiazole rings is 1. The number of hydrogen-bond donors (Lipinski definition) is 1. The second-order valence-electron chi connectivity index (χ2n) is 6.00. The fourth-order valence-corrected chi connectivity index (χ4v) is 4.33. The third kappa shape index (κ3) is 3.00. The Balaban J connectivity index is 1.73. The van der Waals surface area contributed by atoms with Gasteiger partial charge in [0.2, 0.25) is 0 Å². The van der Waals surface area contributed by atoms with Crippen LogP contribution >= 0.6 is 11.3 Å². The van der Waals surface area contributed by atoms with Crippen molar-refractivity contribution in [2.45, 2.75) is 38.6 Å². The SMILES string of the molecule is CCCNC1CCCc2nc(N3CCN(C)CC3)sc21. The van der Waals surface area contributed by atoms with Crippen LogP contribution in [0.3, 0.4) is 0 Å². The molecule has 0 amide bonds. The van der Waals surface area contributed by atoms with E-state index < -0.39 is 0 Å². The normalized spacial score (nSPS) is 23.9. The van der Waals surface area contributed by atoms with Gasteiger partial charge in [-0.3, -0.25) is 0 Å². The number of likely N-dealkylation sites (N-methyl/N-ethyl adjacent to an activating group) is 1. The minimum Gasteiger partial charge on any atom is -0.346 e. The molecule has 0 bridgehead atoms. The van der Waals surface area contributed by atoms with Gasteiger partial charge >= 0.3 is 0 Å². The predicted molar refractivity (Wildman–Crippen MR) is 85.8 cm³/mol. The monoisotopic (exact) mass is 294 g/mol. The average Bonchev–Trinajstić information content (AvgIpc) is 2.90. The number of aromatic nitrogens is 1. The maximum atomic E-state index is 4.94. The molecular weight excluding hydrogens is 268 g/mol. The zero-order valence-electron chi connectivity index (χ0n) is 12.7. The van der Waals surface area contributed by atoms with E-state index in [2.05, 4.69) is 29.1 Å². The topological polar surface area (TPSA) is 31.4 Å². The van der Waals surface area contributed by atoms with Crippen molar-refractivity contribution in [2.24, 2.45) is 0 Å². The summed E-state index contributed by atoms with van der Waals surface area (Å²) in [5.74, 6) is 0. The summed E-state index contributed by atoms with van der Waals surface area (Å²) in [6.45, 7) is 7.90. The van der Waals surface area contributed by atoms with Crippen LogP contribution in [0.2, 0.25) is 0 Å². The van der Waals surface area contributed by atoms with E-state index in [4.69, 9.17) is 4.98 Å². The molecule has 0 saturated carbocycles. The highest BCUT2D eigenvalue weighted by Gasteiger charge is 2.26. The van der Waals surface area contributed by atoms with Crippen LogP contribution in [-0.4, -0.2) is 49.7 Å². The van der Waals surface area contributed by atoms with Crippen molar-refractivity contribution < 1.29 is 0 Å². The van der Waals surface area contributed by atoms with Crippen LogP contribution in [0.4, 0.5) is 5.13 Å². The van der Waals surface area contributed by atoms with E-state index in [0.29, 0.717) is 6.04 Å². The highest BCUT2D eigenvalue weighted by molar-refractivity contribution is 7.15. The summed E-state index contributed by atoms with van der Waals surface area (Å²) >= 11 is 1.94. The van der Waals surface area contributed by atoms with Gasteiger partial charge in [0.25, 0.3) is 0 Å². The van der Waals surface area contributed by atoms with Gasteiger partial charge in [0.15, 0.2) is 5.13 Å². The van der Waals surface area contributed by atoms with Gasteiger partial charge in [0.05, 0.1) is 5.69 Å². The van der Waals surface area contributed by atoms with E-state index in [-0.39, 0.29) is 0 Å². The number of fused-ring (bicyclic) bond motifs is 1. The Bertz CT molecular complexity index is 437. The third-order valence-corrected chi connectivity index (χ3v) is 5.63. The largest absolute Gasteiger partial charge is 0.346 e. The number of aryl methyl sites for hydroxylation is 1. The minimum absolute atomic E-state index is 0.553. The van der Waals surface area contributed by atoms with Crippen LogP contribution in [0.5, 0.6) is 0 Å². The molecule has 1 aliphatic heterocycles. The number of rotatable bonds is 4. The van der Waals surface area contributed by atoms with Crippen LogP contribution in [0.1, 0.15) is 42.8 Å². The van der Waals surface area contributed by atoms with Gasteiger partial charge in [-0.1, -0.05) is 18.3 Å². The smallest absolute Gasteiger partial charge is 0.185 e. The number of nitrogens with zero attached hydrogens (tertiary/aromatic N) is 3. The first-order valence-electron chi connectivity index (χ1n) is 7.94. The zero-order valence-corrected chi connectivity index (χ0v) is 13.5. The first-order chi connectivity index (χ1) is 9.78. The van der Waals surface area contributed by atoms with Crippen LogP contribution < -0.4 is 10.2 Å². The predicted octanol–water partition coefficient (Wildman–Crippen LogP) is 2.27. The maximum Gasteiger partial charge on any atom is 0.185 e. The van der Waals surface area contributed by atoms with Crippen LogP contribution in [-0.2, 0) is 6.42 Å². The van der Waals surface area contributed by atoms with E-state index in [1.54, 1.807) is 0 Å². The lowest BCUT2D eigenvalue weighted by atomic mass is 9.98.